The molecule has 48 valence electrons. The normalized spacial score (nSPS) is 30.4. The fourth-order valence-corrected chi connectivity index (χ4v) is 0.896. The van der Waals surface area contributed by atoms with Crippen LogP contribution in [0, 0.1) is 0 Å². The molecule has 1 rings (SSSR count). The SMILES string of the molecule is FOC1CCCCN1. The molecular weight excluding hydrogens is 109 g/mol. The van der Waals surface area contributed by atoms with Crippen molar-refractivity contribution in [3.05, 3.63) is 0 Å². The molecule has 1 saturated heterocycles. The van der Waals surface area contributed by atoms with E-state index < -0.39 is 0 Å². The van der Waals surface area contributed by atoms with Crippen molar-refractivity contribution in [1.29, 1.82) is 0 Å². The molecule has 0 bridgehead atoms. The van der Waals surface area contributed by atoms with Gasteiger partial charge in [0.25, 0.3) is 0 Å². The quantitative estimate of drug-likeness (QED) is 0.555. The summed E-state index contributed by atoms with van der Waals surface area (Å²) in [5, 5.41) is 2.87. The monoisotopic (exact) mass is 119 g/mol. The molecule has 0 aromatic carbocycles. The smallest absolute Gasteiger partial charge is 0.149 e. The second kappa shape index (κ2) is 2.99. The Morgan fingerprint density at radius 3 is 2.75 bits per heavy atom. The topological polar surface area (TPSA) is 21.3 Å². The molecule has 1 atom stereocenters. The minimum atomic E-state index is -0.330. The largest absolute Gasteiger partial charge is 0.289 e. The van der Waals surface area contributed by atoms with Crippen LogP contribution in [-0.4, -0.2) is 12.8 Å². The summed E-state index contributed by atoms with van der Waals surface area (Å²) in [5.74, 6) is 0. The first-order valence-electron chi connectivity index (χ1n) is 2.94. The molecule has 0 aromatic rings. The molecule has 1 aliphatic heterocycles. The molecule has 0 spiro atoms. The molecule has 0 radical (unpaired) electrons. The first-order valence-corrected chi connectivity index (χ1v) is 2.94. The van der Waals surface area contributed by atoms with E-state index in [1.165, 1.54) is 0 Å². The van der Waals surface area contributed by atoms with Gasteiger partial charge in [-0.2, -0.15) is 4.94 Å². The van der Waals surface area contributed by atoms with E-state index >= 15 is 0 Å². The van der Waals surface area contributed by atoms with Crippen LogP contribution in [0.25, 0.3) is 0 Å². The number of hydrogen-bond donors (Lipinski definition) is 1. The molecule has 1 fully saturated rings. The lowest BCUT2D eigenvalue weighted by Gasteiger charge is -2.18. The van der Waals surface area contributed by atoms with E-state index in [1.807, 2.05) is 0 Å². The van der Waals surface area contributed by atoms with Gasteiger partial charge in [-0.3, -0.25) is 5.32 Å². The highest BCUT2D eigenvalue weighted by Crippen LogP contribution is 2.07. The molecule has 0 aromatic heterocycles. The van der Waals surface area contributed by atoms with Gasteiger partial charge >= 0.3 is 0 Å². The molecule has 1 heterocycles. The first-order chi connectivity index (χ1) is 3.93. The zero-order chi connectivity index (χ0) is 5.82. The minimum Gasteiger partial charge on any atom is -0.289 e. The Morgan fingerprint density at radius 1 is 1.50 bits per heavy atom. The molecule has 0 amide bonds. The van der Waals surface area contributed by atoms with Gasteiger partial charge < -0.3 is 0 Å². The van der Waals surface area contributed by atoms with Crippen molar-refractivity contribution < 1.29 is 9.47 Å². The number of piperidine rings is 1. The average Bonchev–Trinajstić information content (AvgIpc) is 1.90. The second-order valence-electron chi connectivity index (χ2n) is 2.03. The fraction of sp³-hybridized carbons (Fsp3) is 1.00. The third-order valence-electron chi connectivity index (χ3n) is 1.37. The maximum Gasteiger partial charge on any atom is 0.149 e. The predicted octanol–water partition coefficient (Wildman–Crippen LogP) is 0.987. The van der Waals surface area contributed by atoms with Crippen LogP contribution in [0.2, 0.25) is 0 Å². The van der Waals surface area contributed by atoms with Gasteiger partial charge in [0, 0.05) is 0 Å². The van der Waals surface area contributed by atoms with Gasteiger partial charge in [-0.15, -0.1) is 0 Å². The summed E-state index contributed by atoms with van der Waals surface area (Å²) in [6.45, 7) is 0.884. The Balaban J connectivity index is 2.13. The Hall–Kier alpha value is -0.150. The maximum absolute atomic E-state index is 11.3. The van der Waals surface area contributed by atoms with Crippen LogP contribution in [0.5, 0.6) is 0 Å². The molecule has 1 aliphatic rings. The van der Waals surface area contributed by atoms with Gasteiger partial charge in [-0.1, -0.05) is 0 Å². The molecule has 1 unspecified atom stereocenters. The fourth-order valence-electron chi connectivity index (χ4n) is 0.896. The van der Waals surface area contributed by atoms with Crippen molar-refractivity contribution in [2.24, 2.45) is 0 Å². The molecule has 0 saturated carbocycles. The number of halogens is 1. The lowest BCUT2D eigenvalue weighted by Crippen LogP contribution is -2.34. The number of rotatable bonds is 1. The lowest BCUT2D eigenvalue weighted by molar-refractivity contribution is -0.195. The van der Waals surface area contributed by atoms with Crippen LogP contribution < -0.4 is 5.32 Å². The van der Waals surface area contributed by atoms with E-state index in [9.17, 15) is 4.53 Å². The number of nitrogens with one attached hydrogen (secondary N) is 1. The van der Waals surface area contributed by atoms with Gasteiger partial charge in [0.2, 0.25) is 0 Å². The third kappa shape index (κ3) is 1.42. The highest BCUT2D eigenvalue weighted by molar-refractivity contribution is 4.61. The Labute approximate surface area is 47.9 Å². The summed E-state index contributed by atoms with van der Waals surface area (Å²) in [4.78, 5) is 3.58. The Bertz CT molecular complexity index is 63.4. The van der Waals surface area contributed by atoms with Gasteiger partial charge in [0.1, 0.15) is 6.23 Å². The minimum absolute atomic E-state index is 0.330. The van der Waals surface area contributed by atoms with Crippen LogP contribution in [0.1, 0.15) is 19.3 Å². The third-order valence-corrected chi connectivity index (χ3v) is 1.37. The van der Waals surface area contributed by atoms with Crippen LogP contribution in [0.3, 0.4) is 0 Å². The van der Waals surface area contributed by atoms with E-state index in [1.54, 1.807) is 0 Å². The van der Waals surface area contributed by atoms with Gasteiger partial charge in [0.15, 0.2) is 0 Å². The molecule has 2 nitrogen and oxygen atoms in total. The van der Waals surface area contributed by atoms with Crippen LogP contribution >= 0.6 is 0 Å². The first kappa shape index (κ1) is 5.98. The number of hydrogen-bond acceptors (Lipinski definition) is 2. The Kier molecular flexibility index (Phi) is 2.24. The summed E-state index contributed by atoms with van der Waals surface area (Å²) in [6, 6.07) is 0. The average molecular weight is 119 g/mol. The summed E-state index contributed by atoms with van der Waals surface area (Å²) in [7, 11) is 0. The van der Waals surface area contributed by atoms with E-state index in [4.69, 9.17) is 0 Å². The molecular formula is C5H10FNO. The zero-order valence-corrected chi connectivity index (χ0v) is 4.69. The van der Waals surface area contributed by atoms with E-state index in [0.29, 0.717) is 0 Å². The lowest BCUT2D eigenvalue weighted by atomic mass is 10.1. The highest BCUT2D eigenvalue weighted by atomic mass is 19.3. The van der Waals surface area contributed by atoms with Crippen LogP contribution in [-0.2, 0) is 4.94 Å². The second-order valence-corrected chi connectivity index (χ2v) is 2.03. The van der Waals surface area contributed by atoms with Crippen molar-refractivity contribution >= 4 is 0 Å². The maximum atomic E-state index is 11.3. The van der Waals surface area contributed by atoms with Crippen molar-refractivity contribution in [3.8, 4) is 0 Å². The molecule has 3 heteroatoms. The summed E-state index contributed by atoms with van der Waals surface area (Å²) in [5.41, 5.74) is 0. The van der Waals surface area contributed by atoms with E-state index in [0.717, 1.165) is 25.8 Å². The molecule has 1 N–H and O–H groups in total. The zero-order valence-electron chi connectivity index (χ0n) is 4.69. The van der Waals surface area contributed by atoms with Crippen LogP contribution in [0.15, 0.2) is 0 Å². The summed E-state index contributed by atoms with van der Waals surface area (Å²) < 4.78 is 11.3. The molecule has 0 aliphatic carbocycles. The summed E-state index contributed by atoms with van der Waals surface area (Å²) >= 11 is 0. The standard InChI is InChI=1S/C5H10FNO/c6-8-5-3-1-2-4-7-5/h5,7H,1-4H2. The van der Waals surface area contributed by atoms with Gasteiger partial charge in [-0.25, -0.2) is 0 Å². The highest BCUT2D eigenvalue weighted by Gasteiger charge is 2.11. The van der Waals surface area contributed by atoms with E-state index in [2.05, 4.69) is 10.3 Å². The van der Waals surface area contributed by atoms with E-state index in [-0.39, 0.29) is 6.23 Å². The summed E-state index contributed by atoms with van der Waals surface area (Å²) in [6.07, 6.45) is 2.68. The van der Waals surface area contributed by atoms with Crippen molar-refractivity contribution in [2.75, 3.05) is 6.54 Å². The predicted molar refractivity (Wildman–Crippen MR) is 27.8 cm³/mol. The molecule has 8 heavy (non-hydrogen) atoms. The Morgan fingerprint density at radius 2 is 2.38 bits per heavy atom. The van der Waals surface area contributed by atoms with Gasteiger partial charge in [0.05, 0.1) is 0 Å². The van der Waals surface area contributed by atoms with Crippen molar-refractivity contribution in [1.82, 2.24) is 5.32 Å². The van der Waals surface area contributed by atoms with Crippen molar-refractivity contribution in [2.45, 2.75) is 25.5 Å². The van der Waals surface area contributed by atoms with Crippen molar-refractivity contribution in [3.63, 3.8) is 0 Å². The van der Waals surface area contributed by atoms with Gasteiger partial charge in [-0.05, 0) is 30.3 Å². The van der Waals surface area contributed by atoms with Crippen LogP contribution in [0.4, 0.5) is 4.53 Å².